The number of benzene rings is 2. The third kappa shape index (κ3) is 6.41. The topological polar surface area (TPSA) is 91.0 Å². The van der Waals surface area contributed by atoms with Gasteiger partial charge in [0, 0.05) is 30.6 Å². The number of H-pyrrole nitrogens is 1. The van der Waals surface area contributed by atoms with Crippen molar-refractivity contribution in [1.29, 1.82) is 0 Å². The molecule has 5 rings (SSSR count). The van der Waals surface area contributed by atoms with Crippen molar-refractivity contribution in [3.63, 3.8) is 0 Å². The second-order valence-electron chi connectivity index (χ2n) is 8.73. The highest BCUT2D eigenvalue weighted by atomic mass is 35.5. The van der Waals surface area contributed by atoms with Crippen LogP contribution in [-0.4, -0.2) is 51.0 Å². The second-order valence-corrected chi connectivity index (χ2v) is 9.14. The zero-order chi connectivity index (χ0) is 25.8. The summed E-state index contributed by atoms with van der Waals surface area (Å²) in [4.78, 5) is 18.6. The lowest BCUT2D eigenvalue weighted by Gasteiger charge is -2.14. The minimum atomic E-state index is -4.56. The van der Waals surface area contributed by atoms with Gasteiger partial charge in [-0.05, 0) is 69.2 Å². The molecule has 1 saturated heterocycles. The number of nitrogens with zero attached hydrogens (tertiary/aromatic N) is 4. The molecule has 1 aliphatic rings. The third-order valence-electron chi connectivity index (χ3n) is 5.97. The number of alkyl halides is 3. The number of aromatic amines is 1. The maximum absolute atomic E-state index is 13.2. The molecule has 0 unspecified atom stereocenters. The molecule has 1 aliphatic heterocycles. The molecule has 1 fully saturated rings. The van der Waals surface area contributed by atoms with Crippen molar-refractivity contribution < 1.29 is 17.9 Å². The Kier molecular flexibility index (Phi) is 7.33. The molecule has 37 heavy (non-hydrogen) atoms. The fraction of sp³-hybridized carbons (Fsp3) is 0.320. The lowest BCUT2D eigenvalue weighted by atomic mass is 10.2. The van der Waals surface area contributed by atoms with E-state index in [0.717, 1.165) is 25.6 Å². The van der Waals surface area contributed by atoms with E-state index in [1.807, 2.05) is 0 Å². The van der Waals surface area contributed by atoms with Crippen LogP contribution in [0.15, 0.2) is 48.7 Å². The molecule has 0 bridgehead atoms. The Labute approximate surface area is 216 Å². The number of fused-ring (bicyclic) bond motifs is 1. The first-order valence-electron chi connectivity index (χ1n) is 11.9. The number of imidazole rings is 1. The maximum Gasteiger partial charge on any atom is 0.417 e. The largest absolute Gasteiger partial charge is 0.439 e. The average Bonchev–Trinajstić information content (AvgIpc) is 3.52. The molecule has 0 spiro atoms. The summed E-state index contributed by atoms with van der Waals surface area (Å²) in [5.41, 5.74) is 0.534. The maximum atomic E-state index is 13.2. The Morgan fingerprint density at radius 2 is 1.89 bits per heavy atom. The van der Waals surface area contributed by atoms with Gasteiger partial charge in [0.2, 0.25) is 17.8 Å². The van der Waals surface area contributed by atoms with Crippen LogP contribution in [0, 0.1) is 0 Å². The predicted octanol–water partition coefficient (Wildman–Crippen LogP) is 6.46. The molecule has 2 aromatic carbocycles. The fourth-order valence-electron chi connectivity index (χ4n) is 4.18. The van der Waals surface area contributed by atoms with E-state index >= 15 is 0 Å². The monoisotopic (exact) mass is 531 g/mol. The number of halogens is 4. The number of hydrogen-bond acceptors (Lipinski definition) is 7. The first kappa shape index (κ1) is 25.1. The minimum absolute atomic E-state index is 0.202. The highest BCUT2D eigenvalue weighted by molar-refractivity contribution is 6.31. The summed E-state index contributed by atoms with van der Waals surface area (Å²) in [7, 11) is 0. The number of aromatic nitrogens is 4. The molecule has 0 amide bonds. The summed E-state index contributed by atoms with van der Waals surface area (Å²) < 4.78 is 45.4. The van der Waals surface area contributed by atoms with Crippen molar-refractivity contribution in [2.45, 2.75) is 25.4 Å². The van der Waals surface area contributed by atoms with Gasteiger partial charge in [0.05, 0.1) is 21.6 Å². The van der Waals surface area contributed by atoms with Crippen LogP contribution >= 0.6 is 11.6 Å². The fourth-order valence-corrected chi connectivity index (χ4v) is 4.41. The van der Waals surface area contributed by atoms with Crippen molar-refractivity contribution in [2.24, 2.45) is 0 Å². The number of rotatable bonds is 9. The van der Waals surface area contributed by atoms with Crippen molar-refractivity contribution in [1.82, 2.24) is 24.8 Å². The van der Waals surface area contributed by atoms with Gasteiger partial charge in [0.1, 0.15) is 5.75 Å². The van der Waals surface area contributed by atoms with Crippen LogP contribution in [0.25, 0.3) is 11.0 Å². The molecule has 0 saturated carbocycles. The molecule has 0 radical (unpaired) electrons. The lowest BCUT2D eigenvalue weighted by Crippen LogP contribution is -2.22. The molecule has 12 heteroatoms. The molecule has 3 heterocycles. The van der Waals surface area contributed by atoms with Gasteiger partial charge in [-0.1, -0.05) is 11.6 Å². The number of nitrogens with one attached hydrogen (secondary N) is 3. The van der Waals surface area contributed by atoms with Gasteiger partial charge in [-0.15, -0.1) is 0 Å². The molecule has 8 nitrogen and oxygen atoms in total. The molecular weight excluding hydrogens is 507 g/mol. The predicted molar refractivity (Wildman–Crippen MR) is 137 cm³/mol. The summed E-state index contributed by atoms with van der Waals surface area (Å²) in [5.74, 6) is 1.68. The Bertz CT molecular complexity index is 1370. The van der Waals surface area contributed by atoms with Crippen LogP contribution in [0.2, 0.25) is 5.02 Å². The molecule has 194 valence electrons. The molecule has 3 N–H and O–H groups in total. The molecule has 0 aliphatic carbocycles. The van der Waals surface area contributed by atoms with E-state index in [0.29, 0.717) is 28.6 Å². The first-order chi connectivity index (χ1) is 17.8. The molecule has 0 atom stereocenters. The Morgan fingerprint density at radius 3 is 2.70 bits per heavy atom. The highest BCUT2D eigenvalue weighted by Crippen LogP contribution is 2.36. The minimum Gasteiger partial charge on any atom is -0.439 e. The zero-order valence-electron chi connectivity index (χ0n) is 19.8. The van der Waals surface area contributed by atoms with E-state index in [1.165, 1.54) is 38.1 Å². The van der Waals surface area contributed by atoms with Crippen LogP contribution in [-0.2, 0) is 6.18 Å². The van der Waals surface area contributed by atoms with Crippen LogP contribution in [0.3, 0.4) is 0 Å². The van der Waals surface area contributed by atoms with E-state index in [2.05, 4.69) is 35.5 Å². The standard InChI is InChI=1S/C25H25ClF3N7O/c26-19-6-4-16(14-18(19)25(27,28)29)32-24-33-20-7-5-17(15-21(20)34-24)37-22-8-10-31-23(35-22)30-9-3-13-36-11-1-2-12-36/h4-8,10,14-15H,1-3,9,11-13H2,(H,30,31,35)(H2,32,33,34). The summed E-state index contributed by atoms with van der Waals surface area (Å²) >= 11 is 5.70. The summed E-state index contributed by atoms with van der Waals surface area (Å²) in [5, 5.41) is 5.72. The van der Waals surface area contributed by atoms with Gasteiger partial charge in [0.25, 0.3) is 0 Å². The smallest absolute Gasteiger partial charge is 0.417 e. The Hall–Kier alpha value is -3.57. The van der Waals surface area contributed by atoms with E-state index in [-0.39, 0.29) is 16.7 Å². The van der Waals surface area contributed by atoms with Crippen LogP contribution < -0.4 is 15.4 Å². The van der Waals surface area contributed by atoms with Gasteiger partial charge < -0.3 is 25.3 Å². The van der Waals surface area contributed by atoms with Crippen molar-refractivity contribution >= 4 is 40.2 Å². The van der Waals surface area contributed by atoms with Crippen LogP contribution in [0.5, 0.6) is 11.6 Å². The molecule has 4 aromatic rings. The normalized spacial score (nSPS) is 14.3. The SMILES string of the molecule is FC(F)(F)c1cc(Nc2nc3ccc(Oc4ccnc(NCCCN5CCCC5)n4)cc3[nH]2)ccc1Cl. The number of ether oxygens (including phenoxy) is 1. The van der Waals surface area contributed by atoms with Crippen LogP contribution in [0.1, 0.15) is 24.8 Å². The zero-order valence-corrected chi connectivity index (χ0v) is 20.5. The summed E-state index contributed by atoms with van der Waals surface area (Å²) in [6.07, 6.45) is 0.642. The third-order valence-corrected chi connectivity index (χ3v) is 6.30. The van der Waals surface area contributed by atoms with E-state index in [4.69, 9.17) is 16.3 Å². The van der Waals surface area contributed by atoms with Gasteiger partial charge in [-0.25, -0.2) is 9.97 Å². The van der Waals surface area contributed by atoms with Crippen LogP contribution in [0.4, 0.5) is 30.8 Å². The summed E-state index contributed by atoms with van der Waals surface area (Å²) in [6.45, 7) is 4.19. The van der Waals surface area contributed by atoms with Gasteiger partial charge in [-0.3, -0.25) is 0 Å². The number of anilines is 3. The Morgan fingerprint density at radius 1 is 1.05 bits per heavy atom. The van der Waals surface area contributed by atoms with Gasteiger partial charge in [0.15, 0.2) is 0 Å². The quantitative estimate of drug-likeness (QED) is 0.213. The molecular formula is C25H25ClF3N7O. The van der Waals surface area contributed by atoms with E-state index in [1.54, 1.807) is 30.5 Å². The molecule has 2 aromatic heterocycles. The van der Waals surface area contributed by atoms with Gasteiger partial charge in [-0.2, -0.15) is 18.2 Å². The highest BCUT2D eigenvalue weighted by Gasteiger charge is 2.33. The lowest BCUT2D eigenvalue weighted by molar-refractivity contribution is -0.137. The first-order valence-corrected chi connectivity index (χ1v) is 12.3. The van der Waals surface area contributed by atoms with Gasteiger partial charge >= 0.3 is 6.18 Å². The van der Waals surface area contributed by atoms with Crippen molar-refractivity contribution in [3.05, 3.63) is 59.2 Å². The second kappa shape index (κ2) is 10.8. The van der Waals surface area contributed by atoms with E-state index < -0.39 is 11.7 Å². The average molecular weight is 532 g/mol. The van der Waals surface area contributed by atoms with Crippen molar-refractivity contribution in [2.75, 3.05) is 36.8 Å². The Balaban J connectivity index is 1.22. The van der Waals surface area contributed by atoms with E-state index in [9.17, 15) is 13.2 Å². The number of likely N-dealkylation sites (tertiary alicyclic amines) is 1. The summed E-state index contributed by atoms with van der Waals surface area (Å²) in [6, 6.07) is 10.5. The van der Waals surface area contributed by atoms with Crippen molar-refractivity contribution in [3.8, 4) is 11.6 Å². The number of hydrogen-bond donors (Lipinski definition) is 3.